The molecule has 5 amide bonds. The first kappa shape index (κ1) is 49.3. The molecule has 4 heterocycles. The van der Waals surface area contributed by atoms with Crippen molar-refractivity contribution in [3.63, 3.8) is 0 Å². The summed E-state index contributed by atoms with van der Waals surface area (Å²) in [5.74, 6) is -2.40. The van der Waals surface area contributed by atoms with Gasteiger partial charge in [0.05, 0.1) is 11.4 Å². The molecule has 0 spiro atoms. The van der Waals surface area contributed by atoms with E-state index in [4.69, 9.17) is 4.74 Å². The molecule has 358 valence electrons. The number of pyridine rings is 1. The Bertz CT molecular complexity index is 2760. The number of aromatic nitrogens is 4. The summed E-state index contributed by atoms with van der Waals surface area (Å²) in [6.45, 7) is 5.34. The van der Waals surface area contributed by atoms with Crippen molar-refractivity contribution in [1.29, 1.82) is 0 Å². The van der Waals surface area contributed by atoms with Crippen LogP contribution in [-0.2, 0) is 46.9 Å². The predicted octanol–water partition coefficient (Wildman–Crippen LogP) is 6.88. The number of amides is 5. The quantitative estimate of drug-likeness (QED) is 0.0491. The van der Waals surface area contributed by atoms with Gasteiger partial charge in [-0.3, -0.25) is 43.3 Å². The number of rotatable bonds is 22. The second-order valence-corrected chi connectivity index (χ2v) is 18.1. The van der Waals surface area contributed by atoms with Gasteiger partial charge in [0, 0.05) is 79.7 Å². The third-order valence-electron chi connectivity index (χ3n) is 12.3. The standard InChI is InChI=1S/C50H55BrF2N8O7/c1-31-16-17-34(26-42(31)61-32(2)25-43(46(51)50(61)67)68-30-35-18-19-36(52)27-40(35)53)47(64)55-23-8-6-13-37-28-59(58-57-37)24-10-15-44(62)54-22-7-4-3-5-11-33-12-9-14-38-39(33)29-60(49(38)66)41-20-21-45(63)56-48(41)65/h9,12,14,16-19,25-28,41H,3-8,10-11,13,15,20-24,29-30H2,1-2H3,(H,54,62)(H,55,64)(H,56,63,65). The molecule has 0 saturated carbocycles. The Balaban J connectivity index is 0.754. The van der Waals surface area contributed by atoms with Gasteiger partial charge in [0.25, 0.3) is 17.4 Å². The molecule has 2 aromatic heterocycles. The van der Waals surface area contributed by atoms with E-state index in [0.717, 1.165) is 73.0 Å². The lowest BCUT2D eigenvalue weighted by molar-refractivity contribution is -0.137. The number of unbranched alkanes of at least 4 members (excludes halogenated alkanes) is 4. The zero-order valence-electron chi connectivity index (χ0n) is 38.2. The lowest BCUT2D eigenvalue weighted by atomic mass is 9.98. The van der Waals surface area contributed by atoms with Crippen molar-refractivity contribution in [3.05, 3.63) is 138 Å². The number of fused-ring (bicyclic) bond motifs is 1. The van der Waals surface area contributed by atoms with Crippen molar-refractivity contribution in [1.82, 2.24) is 40.4 Å². The first-order valence-corrected chi connectivity index (χ1v) is 23.9. The molecule has 2 aliphatic heterocycles. The number of ether oxygens (including phenoxy) is 1. The number of hydrogen-bond donors (Lipinski definition) is 3. The van der Waals surface area contributed by atoms with E-state index >= 15 is 0 Å². The summed E-state index contributed by atoms with van der Waals surface area (Å²) >= 11 is 3.32. The van der Waals surface area contributed by atoms with Crippen molar-refractivity contribution >= 4 is 45.5 Å². The van der Waals surface area contributed by atoms with Gasteiger partial charge in [-0.15, -0.1) is 5.10 Å². The molecule has 3 N–H and O–H groups in total. The maximum absolute atomic E-state index is 14.2. The summed E-state index contributed by atoms with van der Waals surface area (Å²) in [6.07, 6.45) is 10.2. The van der Waals surface area contributed by atoms with E-state index in [-0.39, 0.29) is 52.4 Å². The van der Waals surface area contributed by atoms with Crippen LogP contribution >= 0.6 is 15.9 Å². The van der Waals surface area contributed by atoms with Gasteiger partial charge in [-0.05, 0) is 128 Å². The van der Waals surface area contributed by atoms with Gasteiger partial charge in [-0.1, -0.05) is 36.3 Å². The van der Waals surface area contributed by atoms with Gasteiger partial charge < -0.3 is 20.3 Å². The first-order chi connectivity index (χ1) is 32.8. The molecule has 15 nitrogen and oxygen atoms in total. The molecule has 7 rings (SSSR count). The van der Waals surface area contributed by atoms with Crippen LogP contribution in [0.3, 0.4) is 0 Å². The van der Waals surface area contributed by atoms with Crippen LogP contribution < -0.4 is 26.2 Å². The number of imide groups is 1. The molecule has 0 radical (unpaired) electrons. The molecule has 1 unspecified atom stereocenters. The molecule has 1 fully saturated rings. The number of hydrogen-bond acceptors (Lipinski definition) is 9. The molecule has 0 aliphatic carbocycles. The monoisotopic (exact) mass is 996 g/mol. The maximum Gasteiger partial charge on any atom is 0.273 e. The zero-order chi connectivity index (χ0) is 48.3. The molecule has 68 heavy (non-hydrogen) atoms. The average Bonchev–Trinajstić information content (AvgIpc) is 3.91. The van der Waals surface area contributed by atoms with Crippen LogP contribution in [-0.4, -0.2) is 73.1 Å². The number of halogens is 3. The number of aryl methyl sites for hydroxylation is 5. The highest BCUT2D eigenvalue weighted by Crippen LogP contribution is 2.31. The predicted molar refractivity (Wildman–Crippen MR) is 252 cm³/mol. The Morgan fingerprint density at radius 1 is 0.882 bits per heavy atom. The third-order valence-corrected chi connectivity index (χ3v) is 13.0. The fourth-order valence-corrected chi connectivity index (χ4v) is 8.97. The largest absolute Gasteiger partial charge is 0.487 e. The normalized spacial score (nSPS) is 14.5. The number of nitrogens with zero attached hydrogens (tertiary/aromatic N) is 5. The van der Waals surface area contributed by atoms with Crippen LogP contribution in [0.5, 0.6) is 5.75 Å². The SMILES string of the molecule is Cc1ccc(C(=O)NCCCCc2cn(CCCC(=O)NCCCCCCc3cccc4c3CN(C3CCC(=O)NC3=O)C4=O)nn2)cc1-n1c(C)cc(OCc2ccc(F)cc2F)c(Br)c1=O. The average molecular weight is 998 g/mol. The van der Waals surface area contributed by atoms with Crippen LogP contribution in [0.15, 0.2) is 76.1 Å². The van der Waals surface area contributed by atoms with E-state index in [2.05, 4.69) is 42.2 Å². The fourth-order valence-electron chi connectivity index (χ4n) is 8.56. The Morgan fingerprint density at radius 2 is 1.66 bits per heavy atom. The van der Waals surface area contributed by atoms with Gasteiger partial charge in [0.2, 0.25) is 17.7 Å². The lowest BCUT2D eigenvalue weighted by Gasteiger charge is -2.29. The minimum Gasteiger partial charge on any atom is -0.487 e. The summed E-state index contributed by atoms with van der Waals surface area (Å²) in [4.78, 5) is 77.9. The minimum absolute atomic E-state index is 0.00355. The van der Waals surface area contributed by atoms with Gasteiger partial charge in [0.1, 0.15) is 34.5 Å². The molecule has 5 aromatic rings. The molecule has 1 saturated heterocycles. The van der Waals surface area contributed by atoms with Crippen molar-refractivity contribution in [3.8, 4) is 11.4 Å². The van der Waals surface area contributed by atoms with Gasteiger partial charge >= 0.3 is 0 Å². The van der Waals surface area contributed by atoms with Crippen LogP contribution in [0.4, 0.5) is 8.78 Å². The molecule has 1 atom stereocenters. The first-order valence-electron chi connectivity index (χ1n) is 23.1. The van der Waals surface area contributed by atoms with Gasteiger partial charge in [0.15, 0.2) is 0 Å². The van der Waals surface area contributed by atoms with Crippen LogP contribution in [0.1, 0.15) is 119 Å². The third kappa shape index (κ3) is 12.3. The van der Waals surface area contributed by atoms with E-state index in [1.54, 1.807) is 46.8 Å². The van der Waals surface area contributed by atoms with Crippen LogP contribution in [0.2, 0.25) is 0 Å². The number of carbonyl (C=O) groups excluding carboxylic acids is 5. The lowest BCUT2D eigenvalue weighted by Crippen LogP contribution is -2.52. The second kappa shape index (κ2) is 23.0. The van der Waals surface area contributed by atoms with Gasteiger partial charge in [-0.2, -0.15) is 0 Å². The highest BCUT2D eigenvalue weighted by molar-refractivity contribution is 9.10. The summed E-state index contributed by atoms with van der Waals surface area (Å²) in [6, 6.07) is 15.1. The van der Waals surface area contributed by atoms with E-state index in [1.807, 2.05) is 25.3 Å². The van der Waals surface area contributed by atoms with E-state index in [9.17, 15) is 37.5 Å². The maximum atomic E-state index is 14.2. The van der Waals surface area contributed by atoms with Crippen molar-refractivity contribution in [2.45, 2.75) is 117 Å². The van der Waals surface area contributed by atoms with E-state index in [1.165, 1.54) is 10.6 Å². The minimum atomic E-state index is -0.748. The van der Waals surface area contributed by atoms with Crippen molar-refractivity contribution < 1.29 is 37.5 Å². The summed E-state index contributed by atoms with van der Waals surface area (Å²) in [7, 11) is 0. The highest BCUT2D eigenvalue weighted by Gasteiger charge is 2.39. The molecular weight excluding hydrogens is 942 g/mol. The molecular formula is C50H55BrF2N8O7. The van der Waals surface area contributed by atoms with Crippen LogP contribution in [0, 0.1) is 25.5 Å². The topological polar surface area (TPSA) is 187 Å². The number of nitrogens with one attached hydrogen (secondary N) is 3. The van der Waals surface area contributed by atoms with E-state index in [0.29, 0.717) is 80.8 Å². The molecule has 0 bridgehead atoms. The number of piperidine rings is 1. The molecule has 2 aliphatic rings. The highest BCUT2D eigenvalue weighted by atomic mass is 79.9. The molecule has 3 aromatic carbocycles. The Kier molecular flexibility index (Phi) is 16.7. The Labute approximate surface area is 401 Å². The van der Waals surface area contributed by atoms with E-state index < -0.39 is 29.1 Å². The Morgan fingerprint density at radius 3 is 2.47 bits per heavy atom. The molecule has 18 heteroatoms. The smallest absolute Gasteiger partial charge is 0.273 e. The zero-order valence-corrected chi connectivity index (χ0v) is 39.8. The van der Waals surface area contributed by atoms with Crippen LogP contribution in [0.25, 0.3) is 5.69 Å². The van der Waals surface area contributed by atoms with Crippen molar-refractivity contribution in [2.24, 2.45) is 0 Å². The summed E-state index contributed by atoms with van der Waals surface area (Å²) in [5.41, 5.74) is 5.47. The van der Waals surface area contributed by atoms with Gasteiger partial charge in [-0.25, -0.2) is 8.78 Å². The Hall–Kier alpha value is -6.56. The second-order valence-electron chi connectivity index (χ2n) is 17.3. The fraction of sp³-hybridized carbons (Fsp3) is 0.400. The number of benzene rings is 3. The number of carbonyl (C=O) groups is 5. The summed E-state index contributed by atoms with van der Waals surface area (Å²) in [5, 5.41) is 16.8. The van der Waals surface area contributed by atoms with Crippen molar-refractivity contribution in [2.75, 3.05) is 13.1 Å². The summed E-state index contributed by atoms with van der Waals surface area (Å²) < 4.78 is 36.6.